The lowest BCUT2D eigenvalue weighted by molar-refractivity contribution is -0.120. The van der Waals surface area contributed by atoms with Crippen molar-refractivity contribution < 1.29 is 22.3 Å². The monoisotopic (exact) mass is 416 g/mol. The molecule has 0 aliphatic carbocycles. The van der Waals surface area contributed by atoms with E-state index in [1.165, 1.54) is 6.92 Å². The van der Waals surface area contributed by atoms with Crippen LogP contribution in [0.25, 0.3) is 10.9 Å². The third kappa shape index (κ3) is 4.89. The number of aromatic nitrogens is 1. The van der Waals surface area contributed by atoms with Crippen molar-refractivity contribution >= 4 is 26.6 Å². The Morgan fingerprint density at radius 2 is 1.86 bits per heavy atom. The molecule has 1 atom stereocenters. The molecule has 0 spiro atoms. The maximum absolute atomic E-state index is 13.0. The van der Waals surface area contributed by atoms with Gasteiger partial charge in [0.05, 0.1) is 11.5 Å². The Bertz CT molecular complexity index is 1100. The van der Waals surface area contributed by atoms with E-state index in [1.54, 1.807) is 6.20 Å². The summed E-state index contributed by atoms with van der Waals surface area (Å²) in [4.78, 5) is 16.4. The first-order valence-corrected chi connectivity index (χ1v) is 10.7. The number of hydrogen-bond acceptors (Lipinski definition) is 5. The summed E-state index contributed by atoms with van der Waals surface area (Å²) in [5.74, 6) is -0.495. The van der Waals surface area contributed by atoms with Gasteiger partial charge in [0.2, 0.25) is 5.91 Å². The summed E-state index contributed by atoms with van der Waals surface area (Å²) < 4.78 is 43.7. The molecule has 8 heteroatoms. The Hall–Kier alpha value is -3.00. The molecule has 1 amide bonds. The van der Waals surface area contributed by atoms with Crippen LogP contribution in [-0.2, 0) is 14.6 Å². The number of rotatable bonds is 8. The van der Waals surface area contributed by atoms with Crippen molar-refractivity contribution in [3.8, 4) is 5.75 Å². The fourth-order valence-electron chi connectivity index (χ4n) is 2.77. The number of ether oxygens (including phenoxy) is 1. The molecule has 2 aromatic carbocycles. The lowest BCUT2D eigenvalue weighted by atomic mass is 10.2. The summed E-state index contributed by atoms with van der Waals surface area (Å²) in [7, 11) is -3.88. The highest BCUT2D eigenvalue weighted by Gasteiger charge is 2.29. The number of benzene rings is 2. The lowest BCUT2D eigenvalue weighted by Gasteiger charge is -2.14. The van der Waals surface area contributed by atoms with Gasteiger partial charge in [0.25, 0.3) is 0 Å². The van der Waals surface area contributed by atoms with E-state index in [1.807, 2.05) is 30.3 Å². The molecule has 3 aromatic rings. The number of halogens is 1. The topological polar surface area (TPSA) is 85.4 Å². The minimum atomic E-state index is -3.88. The van der Waals surface area contributed by atoms with Crippen LogP contribution >= 0.6 is 0 Å². The number of amides is 1. The molecule has 1 heterocycles. The average molecular weight is 416 g/mol. The predicted octanol–water partition coefficient (Wildman–Crippen LogP) is 3.12. The zero-order valence-electron chi connectivity index (χ0n) is 15.8. The first-order valence-electron chi connectivity index (χ1n) is 9.13. The van der Waals surface area contributed by atoms with E-state index in [0.717, 1.165) is 35.2 Å². The molecule has 0 aliphatic heterocycles. The second-order valence-corrected chi connectivity index (χ2v) is 8.73. The van der Waals surface area contributed by atoms with E-state index < -0.39 is 26.8 Å². The van der Waals surface area contributed by atoms with Crippen LogP contribution in [0.1, 0.15) is 13.3 Å². The second kappa shape index (κ2) is 9.00. The van der Waals surface area contributed by atoms with Crippen LogP contribution in [0.15, 0.2) is 65.7 Å². The quantitative estimate of drug-likeness (QED) is 0.450. The second-order valence-electron chi connectivity index (χ2n) is 6.47. The van der Waals surface area contributed by atoms with E-state index in [9.17, 15) is 17.6 Å². The van der Waals surface area contributed by atoms with Gasteiger partial charge in [-0.1, -0.05) is 18.2 Å². The molecule has 0 saturated carbocycles. The van der Waals surface area contributed by atoms with Gasteiger partial charge in [-0.2, -0.15) is 0 Å². The number of pyridine rings is 1. The molecular weight excluding hydrogens is 395 g/mol. The largest absolute Gasteiger partial charge is 0.491 e. The van der Waals surface area contributed by atoms with E-state index in [0.29, 0.717) is 18.8 Å². The SMILES string of the molecule is CC(C(=O)NCCCOc1cccc2cccnc12)S(=O)(=O)c1ccc(F)cc1. The highest BCUT2D eigenvalue weighted by Crippen LogP contribution is 2.23. The Kier molecular flexibility index (Phi) is 6.43. The molecule has 6 nitrogen and oxygen atoms in total. The summed E-state index contributed by atoms with van der Waals surface area (Å²) in [5, 5.41) is 2.29. The number of carbonyl (C=O) groups is 1. The zero-order valence-corrected chi connectivity index (χ0v) is 16.7. The van der Waals surface area contributed by atoms with Crippen LogP contribution in [0.5, 0.6) is 5.75 Å². The minimum absolute atomic E-state index is 0.0895. The highest BCUT2D eigenvalue weighted by molar-refractivity contribution is 7.92. The number of nitrogens with one attached hydrogen (secondary N) is 1. The fourth-order valence-corrected chi connectivity index (χ4v) is 4.06. The van der Waals surface area contributed by atoms with Gasteiger partial charge in [0, 0.05) is 18.1 Å². The molecular formula is C21H21FN2O4S. The summed E-state index contributed by atoms with van der Waals surface area (Å²) in [6.45, 7) is 1.92. The van der Waals surface area contributed by atoms with Crippen molar-refractivity contribution in [2.24, 2.45) is 0 Å². The molecule has 29 heavy (non-hydrogen) atoms. The zero-order chi connectivity index (χ0) is 20.9. The summed E-state index contributed by atoms with van der Waals surface area (Å²) in [5.41, 5.74) is 0.762. The molecule has 0 aliphatic rings. The third-order valence-electron chi connectivity index (χ3n) is 4.45. The van der Waals surface area contributed by atoms with Crippen molar-refractivity contribution in [2.45, 2.75) is 23.5 Å². The van der Waals surface area contributed by atoms with E-state index in [2.05, 4.69) is 10.3 Å². The normalized spacial score (nSPS) is 12.5. The first-order chi connectivity index (χ1) is 13.9. The average Bonchev–Trinajstić information content (AvgIpc) is 2.73. The number of para-hydroxylation sites is 1. The molecule has 1 aromatic heterocycles. The number of nitrogens with zero attached hydrogens (tertiary/aromatic N) is 1. The summed E-state index contributed by atoms with van der Waals surface area (Å²) in [6, 6.07) is 13.9. The standard InChI is InChI=1S/C21H21FN2O4S/c1-15(29(26,27)18-10-8-17(22)9-11-18)21(25)24-13-4-14-28-19-7-2-5-16-6-3-12-23-20(16)19/h2-3,5-12,15H,4,13-14H2,1H3,(H,24,25). The fraction of sp³-hybridized carbons (Fsp3) is 0.238. The lowest BCUT2D eigenvalue weighted by Crippen LogP contribution is -2.38. The number of hydrogen-bond donors (Lipinski definition) is 1. The molecule has 1 unspecified atom stereocenters. The van der Waals surface area contributed by atoms with Gasteiger partial charge in [-0.3, -0.25) is 9.78 Å². The van der Waals surface area contributed by atoms with Crippen molar-refractivity contribution in [2.75, 3.05) is 13.2 Å². The van der Waals surface area contributed by atoms with Gasteiger partial charge in [0.1, 0.15) is 22.3 Å². The Morgan fingerprint density at radius 3 is 2.62 bits per heavy atom. The predicted molar refractivity (Wildman–Crippen MR) is 108 cm³/mol. The highest BCUT2D eigenvalue weighted by atomic mass is 32.2. The van der Waals surface area contributed by atoms with E-state index in [4.69, 9.17) is 4.74 Å². The van der Waals surface area contributed by atoms with E-state index in [-0.39, 0.29) is 11.4 Å². The van der Waals surface area contributed by atoms with Crippen LogP contribution in [0.4, 0.5) is 4.39 Å². The number of sulfone groups is 1. The van der Waals surface area contributed by atoms with Crippen molar-refractivity contribution in [3.63, 3.8) is 0 Å². The third-order valence-corrected chi connectivity index (χ3v) is 6.52. The number of fused-ring (bicyclic) bond motifs is 1. The molecule has 152 valence electrons. The maximum atomic E-state index is 13.0. The van der Waals surface area contributed by atoms with Crippen molar-refractivity contribution in [1.29, 1.82) is 0 Å². The molecule has 0 bridgehead atoms. The van der Waals surface area contributed by atoms with Gasteiger partial charge in [-0.15, -0.1) is 0 Å². The van der Waals surface area contributed by atoms with Crippen molar-refractivity contribution in [1.82, 2.24) is 10.3 Å². The van der Waals surface area contributed by atoms with Crippen LogP contribution in [0, 0.1) is 5.82 Å². The molecule has 0 fully saturated rings. The number of carbonyl (C=O) groups excluding carboxylic acids is 1. The Morgan fingerprint density at radius 1 is 1.14 bits per heavy atom. The first kappa shape index (κ1) is 20.7. The van der Waals surface area contributed by atoms with Crippen LogP contribution < -0.4 is 10.1 Å². The Labute approximate surface area is 168 Å². The molecule has 3 rings (SSSR count). The van der Waals surface area contributed by atoms with E-state index >= 15 is 0 Å². The van der Waals surface area contributed by atoms with Crippen LogP contribution in [0.3, 0.4) is 0 Å². The molecule has 0 radical (unpaired) electrons. The molecule has 0 saturated heterocycles. The Balaban J connectivity index is 1.50. The van der Waals surface area contributed by atoms with Gasteiger partial charge >= 0.3 is 0 Å². The van der Waals surface area contributed by atoms with Gasteiger partial charge in [-0.25, -0.2) is 12.8 Å². The smallest absolute Gasteiger partial charge is 0.238 e. The van der Waals surface area contributed by atoms with Crippen LogP contribution in [0.2, 0.25) is 0 Å². The summed E-state index contributed by atoms with van der Waals surface area (Å²) >= 11 is 0. The van der Waals surface area contributed by atoms with Gasteiger partial charge < -0.3 is 10.1 Å². The summed E-state index contributed by atoms with van der Waals surface area (Å²) in [6.07, 6.45) is 2.19. The maximum Gasteiger partial charge on any atom is 0.238 e. The van der Waals surface area contributed by atoms with Gasteiger partial charge in [0.15, 0.2) is 9.84 Å². The molecule has 1 N–H and O–H groups in total. The van der Waals surface area contributed by atoms with Crippen molar-refractivity contribution in [3.05, 3.63) is 66.6 Å². The van der Waals surface area contributed by atoms with Gasteiger partial charge in [-0.05, 0) is 49.7 Å². The van der Waals surface area contributed by atoms with Crippen LogP contribution in [-0.4, -0.2) is 37.7 Å². The minimum Gasteiger partial charge on any atom is -0.491 e.